The van der Waals surface area contributed by atoms with Crippen molar-refractivity contribution in [1.29, 1.82) is 0 Å². The highest BCUT2D eigenvalue weighted by atomic mass is 35.5. The van der Waals surface area contributed by atoms with Crippen LogP contribution in [0.25, 0.3) is 0 Å². The number of nitrogens with one attached hydrogen (secondary N) is 2. The molecule has 0 aliphatic carbocycles. The van der Waals surface area contributed by atoms with Crippen molar-refractivity contribution in [3.8, 4) is 5.75 Å². The molecule has 4 rings (SSSR count). The van der Waals surface area contributed by atoms with E-state index in [0.717, 1.165) is 16.9 Å². The van der Waals surface area contributed by atoms with Gasteiger partial charge in [0.15, 0.2) is 5.16 Å². The Hall–Kier alpha value is -2.77. The van der Waals surface area contributed by atoms with E-state index in [-0.39, 0.29) is 29.9 Å². The largest absolute Gasteiger partial charge is 0.491 e. The molecule has 0 fully saturated rings. The molecule has 2 N–H and O–H groups in total. The minimum atomic E-state index is -0.365. The van der Waals surface area contributed by atoms with Gasteiger partial charge in [-0.2, -0.15) is 0 Å². The summed E-state index contributed by atoms with van der Waals surface area (Å²) in [6.45, 7) is 3.92. The number of hydrogen-bond donors (Lipinski definition) is 2. The van der Waals surface area contributed by atoms with Crippen molar-refractivity contribution >= 4 is 35.1 Å². The molecular formula is C23H22ClN3O3S. The van der Waals surface area contributed by atoms with Gasteiger partial charge in [0.2, 0.25) is 5.91 Å². The average Bonchev–Trinajstić information content (AvgIpc) is 2.72. The number of thioether (sulfide) groups is 1. The Bertz CT molecular complexity index is 1160. The van der Waals surface area contributed by atoms with E-state index in [9.17, 15) is 9.59 Å². The first-order chi connectivity index (χ1) is 14.9. The zero-order chi connectivity index (χ0) is 22.0. The maximum Gasteiger partial charge on any atom is 0.257 e. The maximum atomic E-state index is 13.0. The van der Waals surface area contributed by atoms with E-state index in [1.165, 1.54) is 11.8 Å². The predicted octanol–water partition coefficient (Wildman–Crippen LogP) is 4.98. The van der Waals surface area contributed by atoms with Gasteiger partial charge >= 0.3 is 0 Å². The lowest BCUT2D eigenvalue weighted by Crippen LogP contribution is -2.31. The fraction of sp³-hybridized carbons (Fsp3) is 0.261. The lowest BCUT2D eigenvalue weighted by Gasteiger charge is -2.24. The van der Waals surface area contributed by atoms with Crippen LogP contribution in [0.5, 0.6) is 5.75 Å². The molecule has 0 unspecified atom stereocenters. The van der Waals surface area contributed by atoms with Crippen molar-refractivity contribution in [3.63, 3.8) is 0 Å². The summed E-state index contributed by atoms with van der Waals surface area (Å²) in [5, 5.41) is 3.85. The van der Waals surface area contributed by atoms with Crippen LogP contribution in [0.15, 0.2) is 58.5 Å². The van der Waals surface area contributed by atoms with Crippen molar-refractivity contribution in [2.45, 2.75) is 43.2 Å². The van der Waals surface area contributed by atoms with E-state index >= 15 is 0 Å². The average molecular weight is 456 g/mol. The Labute approximate surface area is 189 Å². The fourth-order valence-corrected chi connectivity index (χ4v) is 4.66. The molecular weight excluding hydrogens is 434 g/mol. The van der Waals surface area contributed by atoms with Crippen molar-refractivity contribution in [1.82, 2.24) is 9.97 Å². The number of ether oxygens (including phenoxy) is 1. The summed E-state index contributed by atoms with van der Waals surface area (Å²) in [4.78, 5) is 32.7. The van der Waals surface area contributed by atoms with E-state index in [2.05, 4.69) is 15.3 Å². The second-order valence-corrected chi connectivity index (χ2v) is 8.93. The van der Waals surface area contributed by atoms with Gasteiger partial charge in [-0.25, -0.2) is 4.98 Å². The zero-order valence-electron chi connectivity index (χ0n) is 17.1. The van der Waals surface area contributed by atoms with Crippen LogP contribution in [0.2, 0.25) is 5.02 Å². The normalized spacial score (nSPS) is 15.5. The number of aromatic nitrogens is 2. The summed E-state index contributed by atoms with van der Waals surface area (Å²) < 4.78 is 5.69. The Morgan fingerprint density at radius 2 is 1.90 bits per heavy atom. The third-order valence-corrected chi connectivity index (χ3v) is 6.20. The number of H-pyrrole nitrogens is 1. The van der Waals surface area contributed by atoms with Crippen LogP contribution < -0.4 is 15.6 Å². The highest BCUT2D eigenvalue weighted by Gasteiger charge is 2.31. The minimum absolute atomic E-state index is 0.0702. The molecule has 2 aromatic carbocycles. The van der Waals surface area contributed by atoms with Gasteiger partial charge in [0.1, 0.15) is 11.6 Å². The molecule has 0 saturated carbocycles. The zero-order valence-corrected chi connectivity index (χ0v) is 18.7. The quantitative estimate of drug-likeness (QED) is 0.404. The highest BCUT2D eigenvalue weighted by molar-refractivity contribution is 7.98. The van der Waals surface area contributed by atoms with Gasteiger partial charge in [0.25, 0.3) is 5.56 Å². The number of anilines is 1. The van der Waals surface area contributed by atoms with Crippen LogP contribution in [-0.2, 0) is 10.5 Å². The highest BCUT2D eigenvalue weighted by Crippen LogP contribution is 2.35. The van der Waals surface area contributed by atoms with Gasteiger partial charge in [-0.1, -0.05) is 53.7 Å². The van der Waals surface area contributed by atoms with E-state index in [0.29, 0.717) is 27.3 Å². The van der Waals surface area contributed by atoms with Gasteiger partial charge in [0, 0.05) is 23.1 Å². The summed E-state index contributed by atoms with van der Waals surface area (Å²) in [5.74, 6) is 1.08. The summed E-state index contributed by atoms with van der Waals surface area (Å²) in [6, 6.07) is 15.0. The number of fused-ring (bicyclic) bond motifs is 1. The Morgan fingerprint density at radius 3 is 2.61 bits per heavy atom. The first-order valence-corrected chi connectivity index (χ1v) is 11.3. The molecule has 1 aliphatic heterocycles. The smallest absolute Gasteiger partial charge is 0.257 e. The minimum Gasteiger partial charge on any atom is -0.491 e. The van der Waals surface area contributed by atoms with Crippen LogP contribution in [0, 0.1) is 0 Å². The van der Waals surface area contributed by atoms with Gasteiger partial charge in [-0.15, -0.1) is 0 Å². The van der Waals surface area contributed by atoms with E-state index in [1.54, 1.807) is 0 Å². The molecule has 160 valence electrons. The summed E-state index contributed by atoms with van der Waals surface area (Å²) in [6.07, 6.45) is 0.259. The predicted molar refractivity (Wildman–Crippen MR) is 123 cm³/mol. The number of aromatic amines is 1. The number of nitrogens with zero attached hydrogens (tertiary/aromatic N) is 1. The van der Waals surface area contributed by atoms with Crippen LogP contribution in [-0.4, -0.2) is 22.0 Å². The first-order valence-electron chi connectivity index (χ1n) is 9.97. The molecule has 31 heavy (non-hydrogen) atoms. The molecule has 0 radical (unpaired) electrons. The Balaban J connectivity index is 1.61. The molecule has 1 aliphatic rings. The van der Waals surface area contributed by atoms with E-state index < -0.39 is 0 Å². The van der Waals surface area contributed by atoms with E-state index in [1.807, 2.05) is 62.4 Å². The molecule has 2 heterocycles. The number of amides is 1. The Kier molecular flexibility index (Phi) is 6.34. The standard InChI is InChI=1S/C23H22ClN3O3S/c1-13(2)30-16-9-7-14(8-10-16)17-11-19(28)25-21-20(17)22(29)27-23(26-21)31-12-15-5-3-4-6-18(15)24/h3-10,13,17H,11-12H2,1-2H3,(H2,25,26,27,28,29)/t17-/m1/s1. The number of rotatable bonds is 6. The van der Waals surface area contributed by atoms with Crippen LogP contribution >= 0.6 is 23.4 Å². The lowest BCUT2D eigenvalue weighted by molar-refractivity contribution is -0.116. The number of benzene rings is 2. The fourth-order valence-electron chi connectivity index (χ4n) is 3.52. The maximum absolute atomic E-state index is 13.0. The first kappa shape index (κ1) is 21.5. The number of hydrogen-bond acceptors (Lipinski definition) is 5. The third kappa shape index (κ3) is 4.94. The monoisotopic (exact) mass is 455 g/mol. The van der Waals surface area contributed by atoms with Crippen molar-refractivity contribution < 1.29 is 9.53 Å². The van der Waals surface area contributed by atoms with E-state index in [4.69, 9.17) is 16.3 Å². The van der Waals surface area contributed by atoms with Gasteiger partial charge in [0.05, 0.1) is 11.7 Å². The van der Waals surface area contributed by atoms with Crippen LogP contribution in [0.1, 0.15) is 42.9 Å². The van der Waals surface area contributed by atoms with Crippen LogP contribution in [0.3, 0.4) is 0 Å². The Morgan fingerprint density at radius 1 is 1.16 bits per heavy atom. The molecule has 0 saturated heterocycles. The molecule has 0 bridgehead atoms. The summed E-state index contributed by atoms with van der Waals surface area (Å²) in [5.41, 5.74) is 2.04. The van der Waals surface area contributed by atoms with Gasteiger partial charge < -0.3 is 15.0 Å². The second kappa shape index (κ2) is 9.16. The molecule has 0 spiro atoms. The van der Waals surface area contributed by atoms with Crippen molar-refractivity contribution in [3.05, 3.63) is 80.6 Å². The molecule has 1 amide bonds. The lowest BCUT2D eigenvalue weighted by atomic mass is 9.87. The van der Waals surface area contributed by atoms with Crippen molar-refractivity contribution in [2.75, 3.05) is 5.32 Å². The number of halogens is 1. The summed E-state index contributed by atoms with van der Waals surface area (Å²) >= 11 is 7.57. The summed E-state index contributed by atoms with van der Waals surface area (Å²) in [7, 11) is 0. The third-order valence-electron chi connectivity index (χ3n) is 4.91. The molecule has 1 atom stereocenters. The second-order valence-electron chi connectivity index (χ2n) is 7.55. The molecule has 8 heteroatoms. The topological polar surface area (TPSA) is 84.1 Å². The van der Waals surface area contributed by atoms with Gasteiger partial charge in [-0.05, 0) is 43.2 Å². The molecule has 3 aromatic rings. The molecule has 6 nitrogen and oxygen atoms in total. The number of carbonyl (C=O) groups excluding carboxylic acids is 1. The SMILES string of the molecule is CC(C)Oc1ccc([C@H]2CC(=O)Nc3nc(SCc4ccccc4Cl)[nH]c(=O)c32)cc1. The van der Waals surface area contributed by atoms with Crippen molar-refractivity contribution in [2.24, 2.45) is 0 Å². The number of carbonyl (C=O) groups is 1. The van der Waals surface area contributed by atoms with Gasteiger partial charge in [-0.3, -0.25) is 9.59 Å². The molecule has 1 aromatic heterocycles. The van der Waals surface area contributed by atoms with Crippen LogP contribution in [0.4, 0.5) is 5.82 Å².